The van der Waals surface area contributed by atoms with Crippen LogP contribution in [-0.4, -0.2) is 74.5 Å². The molecule has 0 unspecified atom stereocenters. The van der Waals surface area contributed by atoms with Crippen molar-refractivity contribution in [3.63, 3.8) is 0 Å². The van der Waals surface area contributed by atoms with Crippen LogP contribution in [0.15, 0.2) is 34.3 Å². The van der Waals surface area contributed by atoms with Gasteiger partial charge in [-0.15, -0.1) is 9.83 Å². The van der Waals surface area contributed by atoms with Crippen LogP contribution in [0.3, 0.4) is 0 Å². The van der Waals surface area contributed by atoms with Crippen molar-refractivity contribution in [1.29, 1.82) is 0 Å². The number of aromatic nitrogens is 5. The minimum atomic E-state index is -1.15. The number of carboxylic acid groups (broad SMARTS) is 1. The van der Waals surface area contributed by atoms with Gasteiger partial charge in [0.1, 0.15) is 0 Å². The predicted octanol–water partition coefficient (Wildman–Crippen LogP) is 1.27. The molecule has 0 saturated heterocycles. The number of aryl methyl sites for hydroxylation is 1. The summed E-state index contributed by atoms with van der Waals surface area (Å²) in [6.45, 7) is -0.0994. The number of unbranched alkanes of at least 4 members (excludes halogenated alkanes) is 2. The molecule has 0 saturated carbocycles. The number of hydrogen-bond donors (Lipinski definition) is 4. The summed E-state index contributed by atoms with van der Waals surface area (Å²) in [4.78, 5) is 61.4. The van der Waals surface area contributed by atoms with Crippen LogP contribution in [-0.2, 0) is 16.1 Å². The summed E-state index contributed by atoms with van der Waals surface area (Å²) in [5.41, 5.74) is -1.84. The molecule has 1 aromatic carbocycles. The van der Waals surface area contributed by atoms with E-state index in [0.29, 0.717) is 35.8 Å². The maximum Gasteiger partial charge on any atom is 0.333 e. The first-order valence-corrected chi connectivity index (χ1v) is 12.5. The molecule has 0 radical (unpaired) electrons. The highest BCUT2D eigenvalue weighted by Crippen LogP contribution is 2.41. The van der Waals surface area contributed by atoms with E-state index in [9.17, 15) is 44.8 Å². The van der Waals surface area contributed by atoms with Gasteiger partial charge in [-0.2, -0.15) is 0 Å². The fraction of sp³-hybridized carbons (Fsp3) is 0.333. The van der Waals surface area contributed by atoms with E-state index >= 15 is 0 Å². The van der Waals surface area contributed by atoms with Gasteiger partial charge in [0.05, 0.1) is 28.4 Å². The van der Waals surface area contributed by atoms with Gasteiger partial charge < -0.3 is 25.5 Å². The molecule has 3 aromatic rings. The number of nitro groups is 2. The maximum atomic E-state index is 12.6. The lowest BCUT2D eigenvalue weighted by Gasteiger charge is -2.09. The Balaban J connectivity index is 1.61. The minimum absolute atomic E-state index is 0.0535. The van der Waals surface area contributed by atoms with Gasteiger partial charge in [-0.05, 0) is 35.0 Å². The van der Waals surface area contributed by atoms with Crippen LogP contribution in [0.2, 0.25) is 0 Å². The normalized spacial score (nSPS) is 10.7. The molecular weight excluding hydrogens is 572 g/mol. The van der Waals surface area contributed by atoms with Crippen LogP contribution >= 0.6 is 11.8 Å². The van der Waals surface area contributed by atoms with Gasteiger partial charge in [-0.25, -0.2) is 9.48 Å². The lowest BCUT2D eigenvalue weighted by molar-refractivity contribution is -0.399. The average Bonchev–Trinajstić information content (AvgIpc) is 3.49. The topological polar surface area (TPSA) is 268 Å². The van der Waals surface area contributed by atoms with Gasteiger partial charge in [0.2, 0.25) is 16.9 Å². The summed E-state index contributed by atoms with van der Waals surface area (Å²) in [5, 5.41) is 64.3. The Morgan fingerprint density at radius 3 is 2.22 bits per heavy atom. The molecule has 20 heteroatoms. The largest absolute Gasteiger partial charge is 0.492 e. The highest BCUT2D eigenvalue weighted by atomic mass is 32.2. The van der Waals surface area contributed by atoms with Crippen molar-refractivity contribution in [2.75, 3.05) is 6.54 Å². The van der Waals surface area contributed by atoms with Crippen LogP contribution in [0.5, 0.6) is 11.8 Å². The Labute approximate surface area is 233 Å². The van der Waals surface area contributed by atoms with E-state index in [1.54, 1.807) is 0 Å². The summed E-state index contributed by atoms with van der Waals surface area (Å²) < 4.78 is 1.59. The molecule has 0 fully saturated rings. The molecule has 2 aromatic heterocycles. The first-order chi connectivity index (χ1) is 19.5. The molecule has 41 heavy (non-hydrogen) atoms. The van der Waals surface area contributed by atoms with Gasteiger partial charge in [-0.1, -0.05) is 6.42 Å². The number of amides is 1. The van der Waals surface area contributed by atoms with E-state index in [-0.39, 0.29) is 36.7 Å². The molecule has 3 rings (SSSR count). The van der Waals surface area contributed by atoms with Crippen LogP contribution in [0, 0.1) is 20.2 Å². The number of carbonyl (C=O) groups excluding carboxylic acids is 2. The number of benzene rings is 1. The smallest absolute Gasteiger partial charge is 0.333 e. The summed E-state index contributed by atoms with van der Waals surface area (Å²) in [5.74, 6) is -3.59. The van der Waals surface area contributed by atoms with Gasteiger partial charge >= 0.3 is 11.9 Å². The van der Waals surface area contributed by atoms with E-state index in [0.717, 1.165) is 28.9 Å². The third-order valence-corrected chi connectivity index (χ3v) is 6.37. The van der Waals surface area contributed by atoms with Crippen LogP contribution in [0.1, 0.15) is 42.5 Å². The molecule has 2 heterocycles. The molecule has 218 valence electrons. The van der Waals surface area contributed by atoms with E-state index in [1.165, 1.54) is 0 Å². The highest BCUT2D eigenvalue weighted by molar-refractivity contribution is 7.99. The number of aromatic hydroxyl groups is 2. The zero-order valence-electron chi connectivity index (χ0n) is 20.9. The molecule has 0 aliphatic rings. The number of carbonyl (C=O) groups is 3. The second-order valence-corrected chi connectivity index (χ2v) is 9.14. The number of nitrogens with zero attached hydrogens (tertiary/aromatic N) is 7. The quantitative estimate of drug-likeness (QED) is 0.110. The average molecular weight is 595 g/mol. The second kappa shape index (κ2) is 13.7. The standard InChI is InChI=1S/C21H22N8O11S/c30-15-5-6-16(31)27(15)40-18(34)4-2-1-3-8-22-20(35)12-10-13(28(36)37)19(14(11-12)29(38)39)41-21-23-24-25-26(21)9-7-17(32)33/h5-6,10-11,30-31H,1-4,7-9H2,(H,22,35)(H,32,33). The van der Waals surface area contributed by atoms with Gasteiger partial charge in [0.25, 0.3) is 17.3 Å². The second-order valence-electron chi connectivity index (χ2n) is 8.16. The van der Waals surface area contributed by atoms with Crippen molar-refractivity contribution in [3.8, 4) is 11.8 Å². The Hall–Kier alpha value is -5.27. The molecular formula is C21H22N8O11S. The van der Waals surface area contributed by atoms with E-state index in [4.69, 9.17) is 9.94 Å². The zero-order valence-corrected chi connectivity index (χ0v) is 21.7. The van der Waals surface area contributed by atoms with Crippen LogP contribution < -0.4 is 10.2 Å². The Kier molecular flexibility index (Phi) is 10.1. The third kappa shape index (κ3) is 8.11. The molecule has 4 N–H and O–H groups in total. The van der Waals surface area contributed by atoms with E-state index in [2.05, 4.69) is 20.8 Å². The van der Waals surface area contributed by atoms with Gasteiger partial charge in [0, 0.05) is 37.2 Å². The first kappa shape index (κ1) is 30.3. The fourth-order valence-corrected chi connectivity index (χ4v) is 4.30. The number of aliphatic carboxylic acids is 1. The van der Waals surface area contributed by atoms with Crippen LogP contribution in [0.25, 0.3) is 0 Å². The lowest BCUT2D eigenvalue weighted by Crippen LogP contribution is -2.25. The number of carboxylic acids is 1. The number of tetrazole rings is 1. The summed E-state index contributed by atoms with van der Waals surface area (Å²) in [7, 11) is 0. The SMILES string of the molecule is O=C(O)CCn1nnnc1Sc1c([N+](=O)[O-])cc(C(=O)NCCCCCC(=O)On2c(O)ccc2O)cc1[N+](=O)[O-]. The monoisotopic (exact) mass is 594 g/mol. The van der Waals surface area contributed by atoms with Crippen molar-refractivity contribution in [3.05, 3.63) is 50.1 Å². The molecule has 0 aliphatic carbocycles. The molecule has 1 amide bonds. The first-order valence-electron chi connectivity index (χ1n) is 11.7. The van der Waals surface area contributed by atoms with Crippen LogP contribution in [0.4, 0.5) is 11.4 Å². The summed E-state index contributed by atoms with van der Waals surface area (Å²) >= 11 is 0.486. The third-order valence-electron chi connectivity index (χ3n) is 5.27. The zero-order chi connectivity index (χ0) is 30.1. The molecule has 0 bridgehead atoms. The molecule has 0 spiro atoms. The van der Waals surface area contributed by atoms with E-state index in [1.807, 2.05) is 0 Å². The predicted molar refractivity (Wildman–Crippen MR) is 134 cm³/mol. The Bertz CT molecular complexity index is 1420. The van der Waals surface area contributed by atoms with Crippen molar-refractivity contribution in [2.45, 2.75) is 48.7 Å². The minimum Gasteiger partial charge on any atom is -0.492 e. The fourth-order valence-electron chi connectivity index (χ4n) is 3.33. The highest BCUT2D eigenvalue weighted by Gasteiger charge is 2.31. The summed E-state index contributed by atoms with van der Waals surface area (Å²) in [6, 6.07) is 4.02. The number of hydrogen-bond acceptors (Lipinski definition) is 14. The van der Waals surface area contributed by atoms with E-state index < -0.39 is 55.7 Å². The Morgan fingerprint density at radius 1 is 1.00 bits per heavy atom. The molecule has 0 atom stereocenters. The Morgan fingerprint density at radius 2 is 1.63 bits per heavy atom. The van der Waals surface area contributed by atoms with Gasteiger partial charge in [0.15, 0.2) is 4.90 Å². The maximum absolute atomic E-state index is 12.6. The number of nitrogens with one attached hydrogen (secondary N) is 1. The number of nitro benzene ring substituents is 2. The molecule has 19 nitrogen and oxygen atoms in total. The summed E-state index contributed by atoms with van der Waals surface area (Å²) in [6.07, 6.45) is 0.755. The molecule has 0 aliphatic heterocycles. The van der Waals surface area contributed by atoms with Crippen molar-refractivity contribution < 1.29 is 44.4 Å². The number of rotatable bonds is 15. The van der Waals surface area contributed by atoms with Crippen molar-refractivity contribution in [1.82, 2.24) is 30.3 Å². The van der Waals surface area contributed by atoms with Gasteiger partial charge in [-0.3, -0.25) is 29.8 Å². The lowest BCUT2D eigenvalue weighted by atomic mass is 10.1. The van der Waals surface area contributed by atoms with Crippen molar-refractivity contribution in [2.24, 2.45) is 0 Å². The van der Waals surface area contributed by atoms with Crippen molar-refractivity contribution >= 4 is 41.0 Å².